The fourth-order valence-electron chi connectivity index (χ4n) is 2.24. The van der Waals surface area contributed by atoms with E-state index in [2.05, 4.69) is 42.3 Å². The number of hydrogen-bond donors (Lipinski definition) is 1. The Kier molecular flexibility index (Phi) is 3.51. The maximum atomic E-state index is 4.71. The van der Waals surface area contributed by atoms with Gasteiger partial charge in [0.25, 0.3) is 0 Å². The Labute approximate surface area is 122 Å². The molecule has 0 saturated carbocycles. The third kappa shape index (κ3) is 2.32. The van der Waals surface area contributed by atoms with Crippen LogP contribution in [0.25, 0.3) is 21.6 Å². The van der Waals surface area contributed by atoms with Crippen LogP contribution in [0.5, 0.6) is 0 Å². The van der Waals surface area contributed by atoms with Crippen LogP contribution < -0.4 is 5.32 Å². The van der Waals surface area contributed by atoms with Gasteiger partial charge in [0, 0.05) is 16.3 Å². The number of aromatic nitrogens is 2. The van der Waals surface area contributed by atoms with Crippen molar-refractivity contribution in [2.75, 3.05) is 7.05 Å². The van der Waals surface area contributed by atoms with Gasteiger partial charge in [0.15, 0.2) is 0 Å². The molecule has 0 aliphatic rings. The average Bonchev–Trinajstić information content (AvgIpc) is 2.88. The van der Waals surface area contributed by atoms with Crippen molar-refractivity contribution < 1.29 is 0 Å². The summed E-state index contributed by atoms with van der Waals surface area (Å²) in [4.78, 5) is 10.7. The standard InChI is InChI=1S/C16H17N3S/c1-10(17-3)15-11(2)18-16(20-15)14-9-8-12-6-4-5-7-13(12)19-14/h4-10,17H,1-3H3. The van der Waals surface area contributed by atoms with Crippen molar-refractivity contribution in [3.05, 3.63) is 47.0 Å². The second-order valence-electron chi connectivity index (χ2n) is 4.87. The van der Waals surface area contributed by atoms with Crippen LogP contribution in [-0.4, -0.2) is 17.0 Å². The van der Waals surface area contributed by atoms with Gasteiger partial charge in [0.2, 0.25) is 0 Å². The highest BCUT2D eigenvalue weighted by Crippen LogP contribution is 2.31. The summed E-state index contributed by atoms with van der Waals surface area (Å²) in [5.41, 5.74) is 3.05. The molecule has 20 heavy (non-hydrogen) atoms. The van der Waals surface area contributed by atoms with E-state index in [-0.39, 0.29) is 0 Å². The first-order valence-electron chi connectivity index (χ1n) is 6.70. The van der Waals surface area contributed by atoms with E-state index in [1.165, 1.54) is 4.88 Å². The average molecular weight is 283 g/mol. The summed E-state index contributed by atoms with van der Waals surface area (Å²) in [7, 11) is 1.97. The Morgan fingerprint density at radius 2 is 1.90 bits per heavy atom. The van der Waals surface area contributed by atoms with Crippen LogP contribution in [0.15, 0.2) is 36.4 Å². The van der Waals surface area contributed by atoms with Gasteiger partial charge in [-0.1, -0.05) is 24.3 Å². The molecule has 1 N–H and O–H groups in total. The smallest absolute Gasteiger partial charge is 0.142 e. The summed E-state index contributed by atoms with van der Waals surface area (Å²) in [5.74, 6) is 0. The molecule has 1 unspecified atom stereocenters. The molecule has 1 aromatic carbocycles. The van der Waals surface area contributed by atoms with Gasteiger partial charge < -0.3 is 5.32 Å². The highest BCUT2D eigenvalue weighted by molar-refractivity contribution is 7.15. The van der Waals surface area contributed by atoms with E-state index < -0.39 is 0 Å². The molecule has 0 fully saturated rings. The minimum atomic E-state index is 0.321. The van der Waals surface area contributed by atoms with Crippen LogP contribution in [0, 0.1) is 6.92 Å². The molecule has 3 nitrogen and oxygen atoms in total. The molecule has 0 saturated heterocycles. The van der Waals surface area contributed by atoms with Crippen LogP contribution in [0.3, 0.4) is 0 Å². The summed E-state index contributed by atoms with van der Waals surface area (Å²) in [5, 5.41) is 5.42. The lowest BCUT2D eigenvalue weighted by atomic mass is 10.2. The van der Waals surface area contributed by atoms with E-state index in [0.29, 0.717) is 6.04 Å². The third-order valence-corrected chi connectivity index (χ3v) is 4.84. The first-order valence-corrected chi connectivity index (χ1v) is 7.51. The number of pyridine rings is 1. The number of nitrogens with zero attached hydrogens (tertiary/aromatic N) is 2. The van der Waals surface area contributed by atoms with Gasteiger partial charge in [-0.25, -0.2) is 9.97 Å². The molecule has 1 atom stereocenters. The van der Waals surface area contributed by atoms with Gasteiger partial charge in [-0.15, -0.1) is 11.3 Å². The Morgan fingerprint density at radius 3 is 2.70 bits per heavy atom. The number of aryl methyl sites for hydroxylation is 1. The fourth-order valence-corrected chi connectivity index (χ4v) is 3.33. The highest BCUT2D eigenvalue weighted by Gasteiger charge is 2.14. The van der Waals surface area contributed by atoms with Crippen molar-refractivity contribution in [2.24, 2.45) is 0 Å². The lowest BCUT2D eigenvalue weighted by Gasteiger charge is -2.06. The quantitative estimate of drug-likeness (QED) is 0.791. The number of fused-ring (bicyclic) bond motifs is 1. The zero-order valence-electron chi connectivity index (χ0n) is 11.8. The molecule has 0 amide bonds. The second kappa shape index (κ2) is 5.31. The first kappa shape index (κ1) is 13.2. The predicted octanol–water partition coefficient (Wildman–Crippen LogP) is 3.95. The van der Waals surface area contributed by atoms with Crippen molar-refractivity contribution in [3.8, 4) is 10.7 Å². The normalized spacial score (nSPS) is 12.8. The molecule has 3 rings (SSSR count). The number of hydrogen-bond acceptors (Lipinski definition) is 4. The lowest BCUT2D eigenvalue weighted by Crippen LogP contribution is -2.11. The van der Waals surface area contributed by atoms with Gasteiger partial charge in [-0.05, 0) is 33.0 Å². The number of para-hydroxylation sites is 1. The Bertz CT molecular complexity index is 748. The van der Waals surface area contributed by atoms with Crippen molar-refractivity contribution in [1.29, 1.82) is 0 Å². The molecule has 4 heteroatoms. The molecule has 0 aliphatic heterocycles. The largest absolute Gasteiger partial charge is 0.312 e. The monoisotopic (exact) mass is 283 g/mol. The van der Waals surface area contributed by atoms with Crippen molar-refractivity contribution in [1.82, 2.24) is 15.3 Å². The van der Waals surface area contributed by atoms with Gasteiger partial charge in [-0.3, -0.25) is 0 Å². The zero-order chi connectivity index (χ0) is 14.1. The van der Waals surface area contributed by atoms with Gasteiger partial charge in [0.1, 0.15) is 5.01 Å². The molecule has 0 bridgehead atoms. The Balaban J connectivity index is 2.06. The fraction of sp³-hybridized carbons (Fsp3) is 0.250. The van der Waals surface area contributed by atoms with E-state index in [1.54, 1.807) is 11.3 Å². The Hall–Kier alpha value is -1.78. The summed E-state index contributed by atoms with van der Waals surface area (Å²) in [6.07, 6.45) is 0. The second-order valence-corrected chi connectivity index (χ2v) is 5.90. The number of rotatable bonds is 3. The zero-order valence-corrected chi connectivity index (χ0v) is 12.7. The van der Waals surface area contributed by atoms with Crippen molar-refractivity contribution in [3.63, 3.8) is 0 Å². The minimum Gasteiger partial charge on any atom is -0.312 e. The summed E-state index contributed by atoms with van der Waals surface area (Å²) in [6, 6.07) is 12.6. The van der Waals surface area contributed by atoms with Crippen molar-refractivity contribution in [2.45, 2.75) is 19.9 Å². The maximum Gasteiger partial charge on any atom is 0.142 e. The van der Waals surface area contributed by atoms with Crippen LogP contribution in [0.2, 0.25) is 0 Å². The van der Waals surface area contributed by atoms with E-state index in [9.17, 15) is 0 Å². The first-order chi connectivity index (χ1) is 9.69. The summed E-state index contributed by atoms with van der Waals surface area (Å²) in [6.45, 7) is 4.21. The minimum absolute atomic E-state index is 0.321. The predicted molar refractivity (Wildman–Crippen MR) is 85.1 cm³/mol. The van der Waals surface area contributed by atoms with Crippen LogP contribution >= 0.6 is 11.3 Å². The van der Waals surface area contributed by atoms with E-state index >= 15 is 0 Å². The van der Waals surface area contributed by atoms with Crippen LogP contribution in [0.1, 0.15) is 23.5 Å². The van der Waals surface area contributed by atoms with Crippen LogP contribution in [-0.2, 0) is 0 Å². The number of thiazole rings is 1. The number of benzene rings is 1. The summed E-state index contributed by atoms with van der Waals surface area (Å²) >= 11 is 1.72. The van der Waals surface area contributed by atoms with E-state index in [0.717, 1.165) is 27.3 Å². The Morgan fingerprint density at radius 1 is 1.10 bits per heavy atom. The topological polar surface area (TPSA) is 37.8 Å². The molecular weight excluding hydrogens is 266 g/mol. The molecule has 3 aromatic rings. The van der Waals surface area contributed by atoms with Crippen LogP contribution in [0.4, 0.5) is 0 Å². The highest BCUT2D eigenvalue weighted by atomic mass is 32.1. The van der Waals surface area contributed by atoms with Gasteiger partial charge in [-0.2, -0.15) is 0 Å². The summed E-state index contributed by atoms with van der Waals surface area (Å²) < 4.78 is 0. The SMILES string of the molecule is CNC(C)c1sc(-c2ccc3ccccc3n2)nc1C. The van der Waals surface area contributed by atoms with E-state index in [1.807, 2.05) is 25.2 Å². The molecule has 0 radical (unpaired) electrons. The number of nitrogens with one attached hydrogen (secondary N) is 1. The maximum absolute atomic E-state index is 4.71. The molecule has 0 aliphatic carbocycles. The third-order valence-electron chi connectivity index (χ3n) is 3.48. The molecule has 0 spiro atoms. The molecular formula is C16H17N3S. The molecule has 102 valence electrons. The molecule has 2 aromatic heterocycles. The van der Waals surface area contributed by atoms with Gasteiger partial charge in [0.05, 0.1) is 16.9 Å². The van der Waals surface area contributed by atoms with E-state index in [4.69, 9.17) is 4.98 Å². The van der Waals surface area contributed by atoms with Crippen molar-refractivity contribution >= 4 is 22.2 Å². The van der Waals surface area contributed by atoms with Gasteiger partial charge >= 0.3 is 0 Å². The molecule has 2 heterocycles. The lowest BCUT2D eigenvalue weighted by molar-refractivity contribution is 0.658.